The van der Waals surface area contributed by atoms with Crippen molar-refractivity contribution < 1.29 is 44.2 Å². The molecule has 11 heteroatoms. The minimum Gasteiger partial charge on any atom is -0.462 e. The molecule has 0 saturated carbocycles. The molecule has 3 heterocycles. The Bertz CT molecular complexity index is 1080. The summed E-state index contributed by atoms with van der Waals surface area (Å²) >= 11 is 0. The van der Waals surface area contributed by atoms with Crippen molar-refractivity contribution in [3.05, 3.63) is 23.8 Å². The van der Waals surface area contributed by atoms with Crippen LogP contribution in [0.5, 0.6) is 0 Å². The minimum absolute atomic E-state index is 0.0413. The number of hydrogen-bond donors (Lipinski definition) is 4. The van der Waals surface area contributed by atoms with E-state index in [2.05, 4.69) is 4.90 Å². The van der Waals surface area contributed by atoms with Crippen LogP contribution in [0, 0.1) is 23.7 Å². The molecule has 2 saturated heterocycles. The molecule has 0 amide bonds. The van der Waals surface area contributed by atoms with Crippen LogP contribution in [0.2, 0.25) is 0 Å². The quantitative estimate of drug-likeness (QED) is 0.277. The van der Waals surface area contributed by atoms with Gasteiger partial charge in [-0.05, 0) is 91.7 Å². The van der Waals surface area contributed by atoms with E-state index in [1.165, 1.54) is 19.3 Å². The average molecular weight is 695 g/mol. The molecule has 0 aromatic rings. The van der Waals surface area contributed by atoms with Crippen molar-refractivity contribution >= 4 is 11.8 Å². The van der Waals surface area contributed by atoms with Crippen LogP contribution in [0.25, 0.3) is 0 Å². The van der Waals surface area contributed by atoms with Crippen molar-refractivity contribution in [2.45, 2.75) is 141 Å². The normalized spacial score (nSPS) is 40.2. The molecule has 0 aliphatic carbocycles. The average Bonchev–Trinajstić information content (AvgIpc) is 3.04. The third-order valence-corrected chi connectivity index (χ3v) is 10.9. The summed E-state index contributed by atoms with van der Waals surface area (Å²) in [6, 6.07) is -0.651. The fourth-order valence-electron chi connectivity index (χ4n) is 7.74. The molecule has 0 aromatic carbocycles. The number of aliphatic hydroxyl groups excluding tert-OH is 4. The number of rotatable bonds is 8. The number of cyclic esters (lactones) is 1. The van der Waals surface area contributed by atoms with Gasteiger partial charge >= 0.3 is 5.97 Å². The monoisotopic (exact) mass is 694 g/mol. The van der Waals surface area contributed by atoms with Gasteiger partial charge < -0.3 is 44.4 Å². The summed E-state index contributed by atoms with van der Waals surface area (Å²) in [6.45, 7) is 11.8. The van der Waals surface area contributed by atoms with Crippen molar-refractivity contribution in [2.24, 2.45) is 23.7 Å². The van der Waals surface area contributed by atoms with Gasteiger partial charge in [0.15, 0.2) is 12.1 Å². The van der Waals surface area contributed by atoms with Gasteiger partial charge in [-0.2, -0.15) is 0 Å². The molecule has 0 bridgehead atoms. The highest BCUT2D eigenvalue weighted by molar-refractivity contribution is 5.91. The van der Waals surface area contributed by atoms with E-state index < -0.39 is 66.8 Å². The first kappa shape index (κ1) is 41.7. The van der Waals surface area contributed by atoms with Gasteiger partial charge in [0.25, 0.3) is 0 Å². The van der Waals surface area contributed by atoms with E-state index in [1.54, 1.807) is 38.1 Å². The molecule has 282 valence electrons. The van der Waals surface area contributed by atoms with Crippen molar-refractivity contribution in [2.75, 3.05) is 40.3 Å². The summed E-state index contributed by atoms with van der Waals surface area (Å²) in [5, 5.41) is 44.1. The van der Waals surface area contributed by atoms with Crippen LogP contribution in [0.1, 0.15) is 92.4 Å². The number of esters is 1. The number of ketones is 1. The summed E-state index contributed by atoms with van der Waals surface area (Å²) in [4.78, 5) is 31.1. The summed E-state index contributed by atoms with van der Waals surface area (Å²) in [7, 11) is 3.57. The van der Waals surface area contributed by atoms with E-state index in [1.807, 2.05) is 33.8 Å². The standard InChI is InChI=1S/C38H66N2O9/c1-8-32-29(23-41)20-24(2)14-15-30(42)25(3)21-28(16-19-40-17-12-10-9-11-13-18-40)37(26(4)31(43)22-33(44)48-32)49-38-36(46)34(39(6)7)35(45)27(5)47-38/h14-15,20,25-29,31-32,34-38,41,43,45-46H,8-13,16-19,21-23H2,1-7H3/b15-14+,24-20+/t25-,26+,27-,28+,29-,31-,32-,34+,35-,36-,37-,38+/m1/s1. The molecular weight excluding hydrogens is 628 g/mol. The van der Waals surface area contributed by atoms with Gasteiger partial charge in [0.2, 0.25) is 0 Å². The summed E-state index contributed by atoms with van der Waals surface area (Å²) < 4.78 is 18.6. The lowest BCUT2D eigenvalue weighted by atomic mass is 9.79. The zero-order valence-corrected chi connectivity index (χ0v) is 31.1. The molecule has 0 spiro atoms. The number of hydrogen-bond acceptors (Lipinski definition) is 11. The molecular formula is C38H66N2O9. The maximum absolute atomic E-state index is 13.6. The molecule has 0 aromatic heterocycles. The van der Waals surface area contributed by atoms with E-state index >= 15 is 0 Å². The molecule has 49 heavy (non-hydrogen) atoms. The highest BCUT2D eigenvalue weighted by atomic mass is 16.7. The Labute approximate surface area is 294 Å². The Morgan fingerprint density at radius 2 is 1.63 bits per heavy atom. The number of ether oxygens (including phenoxy) is 3. The fraction of sp³-hybridized carbons (Fsp3) is 0.842. The summed E-state index contributed by atoms with van der Waals surface area (Å²) in [6.07, 6.45) is 6.08. The van der Waals surface area contributed by atoms with E-state index in [-0.39, 0.29) is 30.6 Å². The third kappa shape index (κ3) is 12.2. The van der Waals surface area contributed by atoms with Crippen LogP contribution in [0.15, 0.2) is 23.8 Å². The molecule has 4 N–H and O–H groups in total. The number of allylic oxidation sites excluding steroid dienone is 3. The SMILES string of the molecule is CC[C@H]1OC(=O)C[C@@H](O)[C@H](C)[C@@H](O[C@@H]2O[C@H](C)[C@@H](O)[C@H](N(C)C)[C@H]2O)[C@@H](CCN2CCCCCCC2)C[C@@H](C)C(=O)/C=C/C(C)=C/[C@@H]1CO. The smallest absolute Gasteiger partial charge is 0.308 e. The second-order valence-electron chi connectivity index (χ2n) is 15.1. The topological polar surface area (TPSA) is 149 Å². The van der Waals surface area contributed by atoms with Crippen LogP contribution in [-0.4, -0.2) is 131 Å². The molecule has 3 aliphatic heterocycles. The second-order valence-corrected chi connectivity index (χ2v) is 15.1. The maximum Gasteiger partial charge on any atom is 0.308 e. The van der Waals surface area contributed by atoms with Gasteiger partial charge in [-0.15, -0.1) is 0 Å². The lowest BCUT2D eigenvalue weighted by Crippen LogP contribution is -2.63. The lowest BCUT2D eigenvalue weighted by Gasteiger charge is -2.47. The van der Waals surface area contributed by atoms with Crippen LogP contribution >= 0.6 is 0 Å². The first-order valence-electron chi connectivity index (χ1n) is 18.7. The molecule has 2 fully saturated rings. The van der Waals surface area contributed by atoms with Gasteiger partial charge in [-0.3, -0.25) is 9.59 Å². The Kier molecular flexibility index (Phi) is 17.3. The number of carbonyl (C=O) groups excluding carboxylic acids is 2. The van der Waals surface area contributed by atoms with Gasteiger partial charge in [0.1, 0.15) is 12.2 Å². The summed E-state index contributed by atoms with van der Waals surface area (Å²) in [5.41, 5.74) is 0.778. The Morgan fingerprint density at radius 3 is 2.24 bits per heavy atom. The molecule has 0 radical (unpaired) electrons. The van der Waals surface area contributed by atoms with Crippen molar-refractivity contribution in [3.63, 3.8) is 0 Å². The van der Waals surface area contributed by atoms with Gasteiger partial charge in [-0.1, -0.05) is 57.8 Å². The Hall–Kier alpha value is -1.70. The molecule has 12 atom stereocenters. The van der Waals surface area contributed by atoms with Crippen molar-refractivity contribution in [3.8, 4) is 0 Å². The number of likely N-dealkylation sites (tertiary alicyclic amines) is 1. The van der Waals surface area contributed by atoms with E-state index in [4.69, 9.17) is 14.2 Å². The predicted octanol–water partition coefficient (Wildman–Crippen LogP) is 3.47. The maximum atomic E-state index is 13.6. The number of likely N-dealkylation sites (N-methyl/N-ethyl adjacent to an activating group) is 1. The molecule has 3 aliphatic rings. The third-order valence-electron chi connectivity index (χ3n) is 10.9. The first-order valence-corrected chi connectivity index (χ1v) is 18.7. The van der Waals surface area contributed by atoms with Gasteiger partial charge in [0, 0.05) is 17.8 Å². The fourth-order valence-corrected chi connectivity index (χ4v) is 7.74. The van der Waals surface area contributed by atoms with Crippen molar-refractivity contribution in [1.82, 2.24) is 9.80 Å². The number of nitrogens with zero attached hydrogens (tertiary/aromatic N) is 2. The first-order chi connectivity index (χ1) is 23.3. The van der Waals surface area contributed by atoms with E-state index in [9.17, 15) is 30.0 Å². The minimum atomic E-state index is -1.19. The zero-order valence-electron chi connectivity index (χ0n) is 31.1. The Morgan fingerprint density at radius 1 is 0.980 bits per heavy atom. The lowest BCUT2D eigenvalue weighted by molar-refractivity contribution is -0.304. The molecule has 0 unspecified atom stereocenters. The highest BCUT2D eigenvalue weighted by Gasteiger charge is 2.47. The van der Waals surface area contributed by atoms with Crippen LogP contribution in [0.3, 0.4) is 0 Å². The largest absolute Gasteiger partial charge is 0.462 e. The predicted molar refractivity (Wildman–Crippen MR) is 189 cm³/mol. The number of carbonyl (C=O) groups is 2. The van der Waals surface area contributed by atoms with E-state index in [0.29, 0.717) is 19.3 Å². The van der Waals surface area contributed by atoms with E-state index in [0.717, 1.165) is 38.0 Å². The number of aliphatic hydroxyl groups is 4. The van der Waals surface area contributed by atoms with Crippen LogP contribution in [0.4, 0.5) is 0 Å². The summed E-state index contributed by atoms with van der Waals surface area (Å²) in [5.74, 6) is -2.30. The zero-order chi connectivity index (χ0) is 36.2. The highest BCUT2D eigenvalue weighted by Crippen LogP contribution is 2.35. The van der Waals surface area contributed by atoms with Crippen molar-refractivity contribution in [1.29, 1.82) is 0 Å². The second kappa shape index (κ2) is 20.4. The van der Waals surface area contributed by atoms with Gasteiger partial charge in [0.05, 0.1) is 43.5 Å². The van der Waals surface area contributed by atoms with Crippen LogP contribution in [-0.2, 0) is 23.8 Å². The molecule has 11 nitrogen and oxygen atoms in total. The Balaban J connectivity index is 2.03. The molecule has 3 rings (SSSR count). The van der Waals surface area contributed by atoms with Gasteiger partial charge in [-0.25, -0.2) is 0 Å². The van der Waals surface area contributed by atoms with Crippen LogP contribution < -0.4 is 0 Å².